The molecule has 1 unspecified atom stereocenters. The fourth-order valence-electron chi connectivity index (χ4n) is 4.05. The van der Waals surface area contributed by atoms with Crippen molar-refractivity contribution in [2.75, 3.05) is 11.4 Å². The van der Waals surface area contributed by atoms with Crippen molar-refractivity contribution >= 4 is 11.4 Å². The third-order valence-corrected chi connectivity index (χ3v) is 5.30. The summed E-state index contributed by atoms with van der Waals surface area (Å²) in [7, 11) is 0. The molecule has 2 aliphatic rings. The second-order valence-corrected chi connectivity index (χ2v) is 6.86. The van der Waals surface area contributed by atoms with Crippen LogP contribution in [0.3, 0.4) is 0 Å². The van der Waals surface area contributed by atoms with Crippen LogP contribution in [-0.4, -0.2) is 26.2 Å². The van der Waals surface area contributed by atoms with Crippen LogP contribution in [0.2, 0.25) is 0 Å². The number of nitro groups is 1. The Morgan fingerprint density at radius 1 is 1.19 bits per heavy atom. The van der Waals surface area contributed by atoms with Gasteiger partial charge in [0.15, 0.2) is 5.82 Å². The highest BCUT2D eigenvalue weighted by atomic mass is 16.6. The number of piperidine rings is 1. The molecule has 0 N–H and O–H groups in total. The molecule has 1 aromatic heterocycles. The first-order chi connectivity index (χ1) is 12.7. The molecule has 0 spiro atoms. The Morgan fingerprint density at radius 3 is 2.85 bits per heavy atom. The summed E-state index contributed by atoms with van der Waals surface area (Å²) in [5, 5.41) is 29.5. The van der Waals surface area contributed by atoms with Crippen molar-refractivity contribution in [1.29, 1.82) is 5.26 Å². The zero-order valence-electron chi connectivity index (χ0n) is 14.5. The maximum atomic E-state index is 11.6. The molecule has 8 nitrogen and oxygen atoms in total. The summed E-state index contributed by atoms with van der Waals surface area (Å²) in [5.41, 5.74) is 0.843. The quantitative estimate of drug-likeness (QED) is 0.621. The van der Waals surface area contributed by atoms with Gasteiger partial charge in [0.2, 0.25) is 0 Å². The monoisotopic (exact) mass is 352 g/mol. The van der Waals surface area contributed by atoms with Crippen molar-refractivity contribution in [3.05, 3.63) is 45.5 Å². The van der Waals surface area contributed by atoms with Crippen molar-refractivity contribution in [3.8, 4) is 6.07 Å². The lowest BCUT2D eigenvalue weighted by atomic mass is 9.99. The Morgan fingerprint density at radius 2 is 2.04 bits per heavy atom. The molecule has 26 heavy (non-hydrogen) atoms. The second kappa shape index (κ2) is 6.75. The molecule has 8 heteroatoms. The van der Waals surface area contributed by atoms with Crippen LogP contribution in [0.25, 0.3) is 0 Å². The number of anilines is 1. The number of fused-ring (bicyclic) bond motifs is 1. The highest BCUT2D eigenvalue weighted by Gasteiger charge is 2.33. The van der Waals surface area contributed by atoms with Gasteiger partial charge in [-0.15, -0.1) is 10.2 Å². The minimum absolute atomic E-state index is 0.0188. The molecule has 4 rings (SSSR count). The highest BCUT2D eigenvalue weighted by Crippen LogP contribution is 2.39. The lowest BCUT2D eigenvalue weighted by Gasteiger charge is -2.37. The van der Waals surface area contributed by atoms with Crippen LogP contribution in [0.15, 0.2) is 18.2 Å². The van der Waals surface area contributed by atoms with Gasteiger partial charge in [-0.3, -0.25) is 10.1 Å². The second-order valence-electron chi connectivity index (χ2n) is 6.86. The molecule has 1 aromatic carbocycles. The standard InChI is InChI=1S/C18H20N6O2/c19-12-13-7-8-14(16(11-13)24(25)26)22-9-3-1-5-15(22)18-21-20-17-6-2-4-10-23(17)18/h7-8,11,15H,1-6,9-10H2. The first-order valence-electron chi connectivity index (χ1n) is 9.06. The van der Waals surface area contributed by atoms with E-state index in [0.717, 1.165) is 63.3 Å². The third-order valence-electron chi connectivity index (χ3n) is 5.30. The van der Waals surface area contributed by atoms with Gasteiger partial charge >= 0.3 is 0 Å². The Bertz CT molecular complexity index is 884. The number of rotatable bonds is 3. The average molecular weight is 352 g/mol. The van der Waals surface area contributed by atoms with E-state index in [2.05, 4.69) is 19.7 Å². The van der Waals surface area contributed by atoms with Crippen molar-refractivity contribution in [2.24, 2.45) is 0 Å². The fourth-order valence-corrected chi connectivity index (χ4v) is 4.05. The molecule has 1 fully saturated rings. The number of hydrogen-bond acceptors (Lipinski definition) is 6. The van der Waals surface area contributed by atoms with Gasteiger partial charge in [-0.25, -0.2) is 0 Å². The first kappa shape index (κ1) is 16.5. The molecule has 2 aromatic rings. The van der Waals surface area contributed by atoms with Gasteiger partial charge in [0.05, 0.1) is 22.6 Å². The largest absolute Gasteiger partial charge is 0.356 e. The van der Waals surface area contributed by atoms with Crippen LogP contribution in [0.1, 0.15) is 55.4 Å². The predicted molar refractivity (Wildman–Crippen MR) is 94.7 cm³/mol. The molecular formula is C18H20N6O2. The van der Waals surface area contributed by atoms with Gasteiger partial charge in [0.1, 0.15) is 11.5 Å². The lowest BCUT2D eigenvalue weighted by Crippen LogP contribution is -2.36. The van der Waals surface area contributed by atoms with Gasteiger partial charge in [0, 0.05) is 25.6 Å². The van der Waals surface area contributed by atoms with Crippen LogP contribution in [-0.2, 0) is 13.0 Å². The van der Waals surface area contributed by atoms with E-state index >= 15 is 0 Å². The van der Waals surface area contributed by atoms with Crippen molar-refractivity contribution < 1.29 is 4.92 Å². The number of aromatic nitrogens is 3. The molecule has 0 radical (unpaired) electrons. The van der Waals surface area contributed by atoms with Gasteiger partial charge in [-0.05, 0) is 44.2 Å². The first-order valence-corrected chi connectivity index (χ1v) is 9.06. The number of nitriles is 1. The highest BCUT2D eigenvalue weighted by molar-refractivity contribution is 5.66. The van der Waals surface area contributed by atoms with E-state index in [1.165, 1.54) is 6.07 Å². The molecular weight excluding hydrogens is 332 g/mol. The van der Waals surface area contributed by atoms with Crippen LogP contribution in [0, 0.1) is 21.4 Å². The topological polar surface area (TPSA) is 101 Å². The molecule has 0 bridgehead atoms. The van der Waals surface area contributed by atoms with Crippen LogP contribution < -0.4 is 4.90 Å². The van der Waals surface area contributed by atoms with Gasteiger partial charge < -0.3 is 9.47 Å². The van der Waals surface area contributed by atoms with E-state index in [0.29, 0.717) is 11.3 Å². The Labute approximate surface area is 151 Å². The number of aryl methyl sites for hydroxylation is 1. The van der Waals surface area contributed by atoms with Crippen LogP contribution >= 0.6 is 0 Å². The molecule has 0 amide bonds. The molecule has 0 saturated carbocycles. The molecule has 1 atom stereocenters. The van der Waals surface area contributed by atoms with E-state index < -0.39 is 4.92 Å². The van der Waals surface area contributed by atoms with E-state index in [4.69, 9.17) is 5.26 Å². The fraction of sp³-hybridized carbons (Fsp3) is 0.500. The van der Waals surface area contributed by atoms with E-state index in [1.54, 1.807) is 12.1 Å². The Balaban J connectivity index is 1.76. The predicted octanol–water partition coefficient (Wildman–Crippen LogP) is 3.13. The maximum Gasteiger partial charge on any atom is 0.293 e. The summed E-state index contributed by atoms with van der Waals surface area (Å²) in [6, 6.07) is 6.67. The summed E-state index contributed by atoms with van der Waals surface area (Å²) >= 11 is 0. The van der Waals surface area contributed by atoms with E-state index in [-0.39, 0.29) is 11.7 Å². The average Bonchev–Trinajstić information content (AvgIpc) is 3.11. The number of benzene rings is 1. The summed E-state index contributed by atoms with van der Waals surface area (Å²) in [4.78, 5) is 13.3. The molecule has 3 heterocycles. The summed E-state index contributed by atoms with van der Waals surface area (Å²) in [6.45, 7) is 1.65. The van der Waals surface area contributed by atoms with E-state index in [1.807, 2.05) is 6.07 Å². The van der Waals surface area contributed by atoms with Crippen molar-refractivity contribution in [1.82, 2.24) is 14.8 Å². The van der Waals surface area contributed by atoms with Gasteiger partial charge in [-0.2, -0.15) is 5.26 Å². The number of nitro benzene ring substituents is 1. The Hall–Kier alpha value is -2.95. The normalized spacial score (nSPS) is 19.7. The Kier molecular flexibility index (Phi) is 4.29. The third kappa shape index (κ3) is 2.79. The molecule has 1 saturated heterocycles. The summed E-state index contributed by atoms with van der Waals surface area (Å²) < 4.78 is 2.20. The maximum absolute atomic E-state index is 11.6. The van der Waals surface area contributed by atoms with Crippen LogP contribution in [0.4, 0.5) is 11.4 Å². The summed E-state index contributed by atoms with van der Waals surface area (Å²) in [6.07, 6.45) is 6.13. The minimum atomic E-state index is -0.402. The smallest absolute Gasteiger partial charge is 0.293 e. The summed E-state index contributed by atoms with van der Waals surface area (Å²) in [5.74, 6) is 1.93. The van der Waals surface area contributed by atoms with Crippen LogP contribution in [0.5, 0.6) is 0 Å². The lowest BCUT2D eigenvalue weighted by molar-refractivity contribution is -0.384. The molecule has 0 aliphatic carbocycles. The number of hydrogen-bond donors (Lipinski definition) is 0. The number of nitrogens with zero attached hydrogens (tertiary/aromatic N) is 6. The molecule has 134 valence electrons. The van der Waals surface area contributed by atoms with E-state index in [9.17, 15) is 10.1 Å². The molecule has 2 aliphatic heterocycles. The zero-order valence-corrected chi connectivity index (χ0v) is 14.5. The van der Waals surface area contributed by atoms with Crippen molar-refractivity contribution in [2.45, 2.75) is 51.1 Å². The van der Waals surface area contributed by atoms with Crippen molar-refractivity contribution in [3.63, 3.8) is 0 Å². The SMILES string of the molecule is N#Cc1ccc(N2CCCCC2c2nnc3n2CCCC3)c([N+](=O)[O-])c1. The minimum Gasteiger partial charge on any atom is -0.356 e. The zero-order chi connectivity index (χ0) is 18.1. The van der Waals surface area contributed by atoms with Gasteiger partial charge in [-0.1, -0.05) is 0 Å². The van der Waals surface area contributed by atoms with Gasteiger partial charge in [0.25, 0.3) is 5.69 Å².